The van der Waals surface area contributed by atoms with Crippen LogP contribution in [0.15, 0.2) is 79.3 Å². The third kappa shape index (κ3) is 7.48. The summed E-state index contributed by atoms with van der Waals surface area (Å²) in [7, 11) is 4.12. The van der Waals surface area contributed by atoms with E-state index in [-0.39, 0.29) is 33.3 Å². The maximum Gasteiger partial charge on any atom is 0.417 e. The molecule has 9 rings (SSSR count). The van der Waals surface area contributed by atoms with Crippen molar-refractivity contribution in [3.63, 3.8) is 0 Å². The fraction of sp³-hybridized carbons (Fsp3) is 0.300. The Hall–Kier alpha value is -6.51. The summed E-state index contributed by atoms with van der Waals surface area (Å²) in [6, 6.07) is 16.2. The van der Waals surface area contributed by atoms with Crippen LogP contribution in [0.5, 0.6) is 0 Å². The fourth-order valence-electron chi connectivity index (χ4n) is 7.47. The average Bonchev–Trinajstić information content (AvgIpc) is 4.06. The Morgan fingerprint density at radius 2 is 1.73 bits per heavy atom. The van der Waals surface area contributed by atoms with Gasteiger partial charge in [-0.1, -0.05) is 45.2 Å². The number of rotatable bonds is 9. The predicted octanol–water partition coefficient (Wildman–Crippen LogP) is 4.98. The number of amides is 2. The molecular weight excluding hydrogens is 800 g/mol. The number of imidazole rings is 1. The van der Waals surface area contributed by atoms with Gasteiger partial charge in [0.25, 0.3) is 11.6 Å². The van der Waals surface area contributed by atoms with E-state index in [0.717, 1.165) is 37.2 Å². The van der Waals surface area contributed by atoms with Gasteiger partial charge < -0.3 is 24.8 Å². The second-order valence-corrected chi connectivity index (χ2v) is 15.7. The first kappa shape index (κ1) is 39.0. The number of aromatic nitrogens is 8. The molecule has 0 aliphatic carbocycles. The highest BCUT2D eigenvalue weighted by Crippen LogP contribution is 2.36. The van der Waals surface area contributed by atoms with Crippen LogP contribution in [0.25, 0.3) is 27.6 Å². The molecular formula is C40H39F3N13O3S+. The van der Waals surface area contributed by atoms with Gasteiger partial charge in [-0.15, -0.1) is 0 Å². The molecule has 20 heteroatoms. The molecule has 1 aromatic carbocycles. The third-order valence-corrected chi connectivity index (χ3v) is 11.7. The number of nitrogens with one attached hydrogen (secondary N) is 2. The predicted molar refractivity (Wildman–Crippen MR) is 218 cm³/mol. The summed E-state index contributed by atoms with van der Waals surface area (Å²) in [5.74, 6) is 0.801. The number of likely N-dealkylation sites (N-methyl/N-ethyl adjacent to an activating group) is 1. The van der Waals surface area contributed by atoms with Gasteiger partial charge in [0.05, 0.1) is 36.4 Å². The maximum absolute atomic E-state index is 14.2. The molecule has 0 bridgehead atoms. The highest BCUT2D eigenvalue weighted by atomic mass is 32.1. The SMILES string of the molecule is Cc1nc(NC(=O)c2cnn3ccc(-c4ccccc4C(F)(F)F)nc23)sc1-[n+]1cc(C(=O)Nc2cccc(N3CCOCC3)n2)n2nc(N3CC[C@H](N(C)C)C3)ccc21. The second-order valence-electron chi connectivity index (χ2n) is 14.7. The zero-order valence-corrected chi connectivity index (χ0v) is 33.5. The Kier molecular flexibility index (Phi) is 10.1. The molecule has 6 aromatic heterocycles. The molecule has 16 nitrogen and oxygen atoms in total. The second kappa shape index (κ2) is 15.6. The van der Waals surface area contributed by atoms with E-state index in [9.17, 15) is 22.8 Å². The molecule has 0 saturated carbocycles. The van der Waals surface area contributed by atoms with Crippen molar-refractivity contribution in [2.45, 2.75) is 25.6 Å². The fourth-order valence-corrected chi connectivity index (χ4v) is 8.42. The van der Waals surface area contributed by atoms with Gasteiger partial charge in [0.2, 0.25) is 5.00 Å². The number of hydrogen-bond donors (Lipinski definition) is 2. The van der Waals surface area contributed by atoms with Crippen LogP contribution in [-0.4, -0.2) is 110 Å². The smallest absolute Gasteiger partial charge is 0.378 e. The van der Waals surface area contributed by atoms with Crippen molar-refractivity contribution in [3.8, 4) is 16.3 Å². The van der Waals surface area contributed by atoms with Crippen molar-refractivity contribution in [3.05, 3.63) is 102 Å². The van der Waals surface area contributed by atoms with Crippen LogP contribution < -0.4 is 25.0 Å². The van der Waals surface area contributed by atoms with Crippen molar-refractivity contribution in [2.75, 3.05) is 73.9 Å². The number of pyridine rings is 1. The van der Waals surface area contributed by atoms with Crippen molar-refractivity contribution in [1.29, 1.82) is 0 Å². The number of carbonyl (C=O) groups excluding carboxylic acids is 2. The van der Waals surface area contributed by atoms with Crippen LogP contribution >= 0.6 is 11.3 Å². The first-order valence-electron chi connectivity index (χ1n) is 19.2. The number of benzene rings is 1. The highest BCUT2D eigenvalue weighted by molar-refractivity contribution is 7.17. The third-order valence-electron chi connectivity index (χ3n) is 10.6. The molecule has 0 spiro atoms. The van der Waals surface area contributed by atoms with E-state index in [1.54, 1.807) is 28.3 Å². The normalized spacial score (nSPS) is 16.0. The number of ether oxygens (including phenoxy) is 1. The van der Waals surface area contributed by atoms with Gasteiger partial charge >= 0.3 is 17.7 Å². The van der Waals surface area contributed by atoms with Crippen LogP contribution in [0.1, 0.15) is 38.5 Å². The molecule has 308 valence electrons. The number of morpholine rings is 1. The van der Waals surface area contributed by atoms with Crippen LogP contribution in [0.2, 0.25) is 0 Å². The number of fused-ring (bicyclic) bond motifs is 2. The lowest BCUT2D eigenvalue weighted by Crippen LogP contribution is -2.36. The Morgan fingerprint density at radius 3 is 2.52 bits per heavy atom. The van der Waals surface area contributed by atoms with Gasteiger partial charge in [0, 0.05) is 50.0 Å². The number of nitrogens with zero attached hydrogens (tertiary/aromatic N) is 11. The maximum atomic E-state index is 14.2. The zero-order valence-electron chi connectivity index (χ0n) is 32.7. The van der Waals surface area contributed by atoms with Crippen molar-refractivity contribution < 1.29 is 32.1 Å². The van der Waals surface area contributed by atoms with Crippen molar-refractivity contribution in [1.82, 2.24) is 39.1 Å². The van der Waals surface area contributed by atoms with E-state index >= 15 is 0 Å². The van der Waals surface area contributed by atoms with Gasteiger partial charge in [0.15, 0.2) is 22.8 Å². The highest BCUT2D eigenvalue weighted by Gasteiger charge is 2.35. The summed E-state index contributed by atoms with van der Waals surface area (Å²) in [6.45, 7) is 5.96. The van der Waals surface area contributed by atoms with E-state index < -0.39 is 23.6 Å². The van der Waals surface area contributed by atoms with Crippen LogP contribution in [-0.2, 0) is 10.9 Å². The number of thiazole rings is 1. The molecule has 0 unspecified atom stereocenters. The van der Waals surface area contributed by atoms with Crippen molar-refractivity contribution in [2.24, 2.45) is 0 Å². The first-order valence-corrected chi connectivity index (χ1v) is 20.0. The molecule has 2 N–H and O–H groups in total. The minimum atomic E-state index is -4.60. The average molecular weight is 839 g/mol. The van der Waals surface area contributed by atoms with Gasteiger partial charge in [-0.2, -0.15) is 22.8 Å². The van der Waals surface area contributed by atoms with Crippen LogP contribution in [0, 0.1) is 6.92 Å². The number of carbonyl (C=O) groups is 2. The Balaban J connectivity index is 1.03. The summed E-state index contributed by atoms with van der Waals surface area (Å²) in [4.78, 5) is 48.2. The largest absolute Gasteiger partial charge is 0.417 e. The zero-order chi connectivity index (χ0) is 41.7. The molecule has 2 aliphatic rings. The van der Waals surface area contributed by atoms with Crippen LogP contribution in [0.3, 0.4) is 0 Å². The summed E-state index contributed by atoms with van der Waals surface area (Å²) in [5, 5.41) is 15.8. The van der Waals surface area contributed by atoms with Gasteiger partial charge in [-0.25, -0.2) is 19.5 Å². The summed E-state index contributed by atoms with van der Waals surface area (Å²) >= 11 is 1.17. The number of hydrogen-bond acceptors (Lipinski definition) is 12. The van der Waals surface area contributed by atoms with Gasteiger partial charge in [-0.05, 0) is 57.8 Å². The Bertz CT molecular complexity index is 2760. The molecule has 8 heterocycles. The number of alkyl halides is 3. The van der Waals surface area contributed by atoms with E-state index in [0.29, 0.717) is 54.5 Å². The lowest BCUT2D eigenvalue weighted by molar-refractivity contribution is -0.563. The quantitative estimate of drug-likeness (QED) is 0.189. The molecule has 60 heavy (non-hydrogen) atoms. The molecule has 2 amide bonds. The Labute approximate surface area is 344 Å². The van der Waals surface area contributed by atoms with E-state index in [1.807, 2.05) is 24.3 Å². The molecule has 7 aromatic rings. The van der Waals surface area contributed by atoms with Gasteiger partial charge in [0.1, 0.15) is 17.2 Å². The minimum Gasteiger partial charge on any atom is -0.378 e. The first-order chi connectivity index (χ1) is 28.9. The lowest BCUT2D eigenvalue weighted by Gasteiger charge is -2.27. The monoisotopic (exact) mass is 838 g/mol. The van der Waals surface area contributed by atoms with Crippen molar-refractivity contribution >= 4 is 57.0 Å². The molecule has 2 fully saturated rings. The lowest BCUT2D eigenvalue weighted by atomic mass is 10.0. The van der Waals surface area contributed by atoms with E-state index in [4.69, 9.17) is 14.8 Å². The molecule has 1 atom stereocenters. The molecule has 2 saturated heterocycles. The topological polar surface area (TPSA) is 154 Å². The molecule has 0 radical (unpaired) electrons. The summed E-state index contributed by atoms with van der Waals surface area (Å²) < 4.78 is 51.8. The van der Waals surface area contributed by atoms with Gasteiger partial charge in [-0.3, -0.25) is 14.9 Å². The standard InChI is InChI=1S/C40H38F3N13O3S/c1-24-38(60-39(45-24)49-36(57)27-21-44-55-16-14-29(46-35(27)55)26-7-4-5-8-28(26)40(41,42)43)54-23-30(37(58)48-31-9-6-10-32(47-31)52-17-19-59-20-18-52)56-34(54)12-11-33(50-56)53-15-13-25(22-53)51(2)3/h4-12,14,16,21,23,25H,13,15,17-20,22H2,1-3H3,(H-,45,47,48,49,50,57,58)/p+1/t25-/m0/s1. The number of halogens is 3. The Morgan fingerprint density at radius 1 is 0.917 bits per heavy atom. The minimum absolute atomic E-state index is 0.0359. The van der Waals surface area contributed by atoms with E-state index in [1.165, 1.54) is 52.5 Å². The van der Waals surface area contributed by atoms with Crippen LogP contribution in [0.4, 0.5) is 35.8 Å². The number of aryl methyl sites for hydroxylation is 1. The summed E-state index contributed by atoms with van der Waals surface area (Å²) in [5.41, 5.74) is 0.555. The molecule has 2 aliphatic heterocycles. The summed E-state index contributed by atoms with van der Waals surface area (Å²) in [6.07, 6.45) is 0.810. The number of anilines is 4. The van der Waals surface area contributed by atoms with E-state index in [2.05, 4.69) is 54.5 Å².